The Balaban J connectivity index is 2.34. The van der Waals surface area contributed by atoms with E-state index in [9.17, 15) is 9.59 Å². The van der Waals surface area contributed by atoms with Crippen molar-refractivity contribution in [2.75, 3.05) is 11.1 Å². The lowest BCUT2D eigenvalue weighted by Gasteiger charge is -2.06. The molecule has 0 aliphatic heterocycles. The average molecular weight is 258 g/mol. The van der Waals surface area contributed by atoms with Crippen LogP contribution in [0.15, 0.2) is 30.3 Å². The van der Waals surface area contributed by atoms with E-state index in [2.05, 4.69) is 10.4 Å². The molecule has 0 aliphatic carbocycles. The van der Waals surface area contributed by atoms with Gasteiger partial charge in [-0.25, -0.2) is 0 Å². The molecule has 6 heteroatoms. The van der Waals surface area contributed by atoms with Crippen LogP contribution in [-0.4, -0.2) is 21.6 Å². The zero-order valence-corrected chi connectivity index (χ0v) is 10.7. The van der Waals surface area contributed by atoms with Crippen LogP contribution >= 0.6 is 0 Å². The molecule has 0 atom stereocenters. The first kappa shape index (κ1) is 12.8. The van der Waals surface area contributed by atoms with Gasteiger partial charge in [-0.05, 0) is 25.1 Å². The van der Waals surface area contributed by atoms with E-state index < -0.39 is 0 Å². The third-order valence-corrected chi connectivity index (χ3v) is 2.48. The molecule has 0 saturated carbocycles. The molecule has 19 heavy (non-hydrogen) atoms. The fraction of sp³-hybridized carbons (Fsp3) is 0.154. The first-order valence-corrected chi connectivity index (χ1v) is 5.72. The highest BCUT2D eigenvalue weighted by molar-refractivity contribution is 5.98. The van der Waals surface area contributed by atoms with Crippen LogP contribution < -0.4 is 11.1 Å². The molecule has 2 aromatic rings. The van der Waals surface area contributed by atoms with Crippen LogP contribution in [0.1, 0.15) is 23.0 Å². The summed E-state index contributed by atoms with van der Waals surface area (Å²) in [5.74, 6) is -0.246. The highest BCUT2D eigenvalue weighted by atomic mass is 16.2. The maximum Gasteiger partial charge on any atom is 0.280 e. The zero-order chi connectivity index (χ0) is 14.0. The third kappa shape index (κ3) is 2.79. The quantitative estimate of drug-likeness (QED) is 0.852. The number of anilines is 2. The third-order valence-electron chi connectivity index (χ3n) is 2.48. The molecule has 0 spiro atoms. The second-order valence-electron chi connectivity index (χ2n) is 4.19. The Morgan fingerprint density at radius 2 is 2.05 bits per heavy atom. The molecule has 3 N–H and O–H groups in total. The second-order valence-corrected chi connectivity index (χ2v) is 4.19. The number of nitrogen functional groups attached to an aromatic ring is 1. The number of nitrogens with one attached hydrogen (secondary N) is 1. The van der Waals surface area contributed by atoms with Crippen molar-refractivity contribution in [3.05, 3.63) is 41.6 Å². The Labute approximate surface area is 110 Å². The minimum absolute atomic E-state index is 0.195. The molecule has 6 nitrogen and oxygen atoms in total. The molecule has 0 fully saturated rings. The molecule has 0 bridgehead atoms. The molecule has 0 aliphatic rings. The van der Waals surface area contributed by atoms with Gasteiger partial charge in [-0.3, -0.25) is 9.59 Å². The number of carbonyl (C=O) groups excluding carboxylic acids is 2. The SMILES string of the molecule is CC(=O)Nc1cccc(C(=O)n2nc(C)cc2N)c1. The number of aryl methyl sites for hydroxylation is 1. The maximum atomic E-state index is 12.2. The van der Waals surface area contributed by atoms with Crippen molar-refractivity contribution in [3.63, 3.8) is 0 Å². The summed E-state index contributed by atoms with van der Waals surface area (Å²) in [5, 5.41) is 6.65. The van der Waals surface area contributed by atoms with Gasteiger partial charge in [0.05, 0.1) is 5.69 Å². The number of nitrogens with zero attached hydrogens (tertiary/aromatic N) is 2. The van der Waals surface area contributed by atoms with E-state index in [4.69, 9.17) is 5.73 Å². The van der Waals surface area contributed by atoms with Crippen molar-refractivity contribution in [3.8, 4) is 0 Å². The molecule has 0 saturated heterocycles. The number of hydrogen-bond acceptors (Lipinski definition) is 4. The number of amides is 1. The fourth-order valence-corrected chi connectivity index (χ4v) is 1.74. The lowest BCUT2D eigenvalue weighted by atomic mass is 10.2. The predicted molar refractivity (Wildman–Crippen MR) is 71.9 cm³/mol. The van der Waals surface area contributed by atoms with Crippen molar-refractivity contribution < 1.29 is 9.59 Å². The summed E-state index contributed by atoms with van der Waals surface area (Å²) in [6, 6.07) is 8.24. The lowest BCUT2D eigenvalue weighted by Crippen LogP contribution is -2.16. The summed E-state index contributed by atoms with van der Waals surface area (Å²) in [6.07, 6.45) is 0. The fourth-order valence-electron chi connectivity index (χ4n) is 1.74. The number of benzene rings is 1. The van der Waals surface area contributed by atoms with Gasteiger partial charge >= 0.3 is 0 Å². The molecular weight excluding hydrogens is 244 g/mol. The monoisotopic (exact) mass is 258 g/mol. The first-order chi connectivity index (χ1) is 8.97. The van der Waals surface area contributed by atoms with E-state index in [0.717, 1.165) is 4.68 Å². The van der Waals surface area contributed by atoms with Gasteiger partial charge in [-0.15, -0.1) is 0 Å². The Kier molecular flexibility index (Phi) is 3.33. The standard InChI is InChI=1S/C13H14N4O2/c1-8-6-12(14)17(16-8)13(19)10-4-3-5-11(7-10)15-9(2)18/h3-7H,14H2,1-2H3,(H,15,18). The van der Waals surface area contributed by atoms with Crippen LogP contribution in [0.4, 0.5) is 11.5 Å². The largest absolute Gasteiger partial charge is 0.383 e. The molecule has 1 heterocycles. The lowest BCUT2D eigenvalue weighted by molar-refractivity contribution is -0.114. The minimum atomic E-state index is -0.335. The Hall–Kier alpha value is -2.63. The number of rotatable bonds is 2. The maximum absolute atomic E-state index is 12.2. The number of aromatic nitrogens is 2. The van der Waals surface area contributed by atoms with Crippen molar-refractivity contribution >= 4 is 23.3 Å². The van der Waals surface area contributed by atoms with Crippen LogP contribution in [0.5, 0.6) is 0 Å². The molecule has 0 unspecified atom stereocenters. The summed E-state index contributed by atoms with van der Waals surface area (Å²) in [7, 11) is 0. The van der Waals surface area contributed by atoms with E-state index in [-0.39, 0.29) is 17.6 Å². The van der Waals surface area contributed by atoms with Gasteiger partial charge in [0, 0.05) is 24.2 Å². The van der Waals surface area contributed by atoms with Crippen LogP contribution in [0.3, 0.4) is 0 Å². The van der Waals surface area contributed by atoms with Crippen molar-refractivity contribution in [1.82, 2.24) is 9.78 Å². The smallest absolute Gasteiger partial charge is 0.280 e. The Morgan fingerprint density at radius 3 is 2.63 bits per heavy atom. The number of carbonyl (C=O) groups is 2. The van der Waals surface area contributed by atoms with Gasteiger partial charge in [0.2, 0.25) is 5.91 Å². The Bertz CT molecular complexity index is 646. The van der Waals surface area contributed by atoms with Gasteiger partial charge in [-0.2, -0.15) is 9.78 Å². The molecule has 1 aromatic heterocycles. The molecule has 1 amide bonds. The summed E-state index contributed by atoms with van der Waals surface area (Å²) in [5.41, 5.74) is 7.34. The Morgan fingerprint density at radius 1 is 1.32 bits per heavy atom. The normalized spacial score (nSPS) is 10.2. The topological polar surface area (TPSA) is 90.0 Å². The van der Waals surface area contributed by atoms with Crippen molar-refractivity contribution in [2.24, 2.45) is 0 Å². The van der Waals surface area contributed by atoms with Crippen molar-refractivity contribution in [1.29, 1.82) is 0 Å². The predicted octanol–water partition coefficient (Wildman–Crippen LogP) is 1.42. The van der Waals surface area contributed by atoms with Crippen LogP contribution in [-0.2, 0) is 4.79 Å². The van der Waals surface area contributed by atoms with E-state index in [0.29, 0.717) is 16.9 Å². The zero-order valence-electron chi connectivity index (χ0n) is 10.7. The molecule has 2 rings (SSSR count). The highest BCUT2D eigenvalue weighted by Gasteiger charge is 2.13. The molecule has 98 valence electrons. The van der Waals surface area contributed by atoms with Gasteiger partial charge in [0.1, 0.15) is 5.82 Å². The molecular formula is C13H14N4O2. The van der Waals surface area contributed by atoms with Gasteiger partial charge in [-0.1, -0.05) is 6.07 Å². The van der Waals surface area contributed by atoms with E-state index in [1.165, 1.54) is 6.92 Å². The summed E-state index contributed by atoms with van der Waals surface area (Å²) in [6.45, 7) is 3.16. The van der Waals surface area contributed by atoms with Crippen LogP contribution in [0.25, 0.3) is 0 Å². The number of nitrogens with two attached hydrogens (primary N) is 1. The van der Waals surface area contributed by atoms with Crippen LogP contribution in [0, 0.1) is 6.92 Å². The van der Waals surface area contributed by atoms with E-state index in [1.807, 2.05) is 0 Å². The van der Waals surface area contributed by atoms with Gasteiger partial charge in [0.25, 0.3) is 5.91 Å². The molecule has 1 aromatic carbocycles. The molecule has 0 radical (unpaired) electrons. The summed E-state index contributed by atoms with van der Waals surface area (Å²) in [4.78, 5) is 23.2. The minimum Gasteiger partial charge on any atom is -0.383 e. The first-order valence-electron chi connectivity index (χ1n) is 5.72. The van der Waals surface area contributed by atoms with E-state index in [1.54, 1.807) is 37.3 Å². The summed E-state index contributed by atoms with van der Waals surface area (Å²) >= 11 is 0. The second kappa shape index (κ2) is 4.93. The highest BCUT2D eigenvalue weighted by Crippen LogP contribution is 2.14. The van der Waals surface area contributed by atoms with Crippen LogP contribution in [0.2, 0.25) is 0 Å². The van der Waals surface area contributed by atoms with Gasteiger partial charge in [0.15, 0.2) is 0 Å². The number of hydrogen-bond donors (Lipinski definition) is 2. The average Bonchev–Trinajstić information content (AvgIpc) is 2.67. The van der Waals surface area contributed by atoms with Crippen molar-refractivity contribution in [2.45, 2.75) is 13.8 Å². The summed E-state index contributed by atoms with van der Waals surface area (Å²) < 4.78 is 1.14. The van der Waals surface area contributed by atoms with E-state index >= 15 is 0 Å². The van der Waals surface area contributed by atoms with Gasteiger partial charge < -0.3 is 11.1 Å².